The quantitative estimate of drug-likeness (QED) is 0.654. The van der Waals surface area contributed by atoms with E-state index >= 15 is 0 Å². The Balaban J connectivity index is 1.80. The van der Waals surface area contributed by atoms with E-state index in [9.17, 15) is 4.79 Å². The number of hydrogen-bond donors (Lipinski definition) is 2. The van der Waals surface area contributed by atoms with Gasteiger partial charge in [0.25, 0.3) is 5.91 Å². The van der Waals surface area contributed by atoms with Crippen molar-refractivity contribution in [1.82, 2.24) is 5.43 Å². The van der Waals surface area contributed by atoms with E-state index in [0.717, 1.165) is 16.8 Å². The third-order valence-corrected chi connectivity index (χ3v) is 3.09. The van der Waals surface area contributed by atoms with Crippen molar-refractivity contribution >= 4 is 17.8 Å². The number of benzene rings is 2. The van der Waals surface area contributed by atoms with Gasteiger partial charge in [0.1, 0.15) is 0 Å². The number of carbonyl (C=O) groups is 1. The average Bonchev–Trinajstić information content (AvgIpc) is 2.49. The number of hydrogen-bond acceptors (Lipinski definition) is 3. The van der Waals surface area contributed by atoms with Crippen molar-refractivity contribution in [2.24, 2.45) is 5.10 Å². The zero-order valence-electron chi connectivity index (χ0n) is 12.3. The Hall–Kier alpha value is -2.62. The van der Waals surface area contributed by atoms with Gasteiger partial charge in [-0.25, -0.2) is 5.43 Å². The van der Waals surface area contributed by atoms with Gasteiger partial charge in [0.15, 0.2) is 0 Å². The SMILES string of the molecule is Cc1ccc(NCC(=O)N/N=C\c2ccccc2C)cc1. The van der Waals surface area contributed by atoms with E-state index in [1.807, 2.05) is 62.4 Å². The largest absolute Gasteiger partial charge is 0.376 e. The smallest absolute Gasteiger partial charge is 0.259 e. The summed E-state index contributed by atoms with van der Waals surface area (Å²) >= 11 is 0. The lowest BCUT2D eigenvalue weighted by Crippen LogP contribution is -2.25. The van der Waals surface area contributed by atoms with Crippen molar-refractivity contribution in [2.75, 3.05) is 11.9 Å². The van der Waals surface area contributed by atoms with E-state index in [4.69, 9.17) is 0 Å². The molecule has 2 N–H and O–H groups in total. The van der Waals surface area contributed by atoms with Crippen molar-refractivity contribution in [2.45, 2.75) is 13.8 Å². The minimum absolute atomic E-state index is 0.180. The number of anilines is 1. The highest BCUT2D eigenvalue weighted by Crippen LogP contribution is 2.07. The van der Waals surface area contributed by atoms with Crippen LogP contribution in [-0.4, -0.2) is 18.7 Å². The number of rotatable bonds is 5. The van der Waals surface area contributed by atoms with Crippen LogP contribution < -0.4 is 10.7 Å². The Kier molecular flexibility index (Phi) is 5.10. The van der Waals surface area contributed by atoms with Crippen LogP contribution in [0.3, 0.4) is 0 Å². The van der Waals surface area contributed by atoms with Gasteiger partial charge >= 0.3 is 0 Å². The second kappa shape index (κ2) is 7.24. The molecule has 2 aromatic rings. The van der Waals surface area contributed by atoms with Gasteiger partial charge in [0.2, 0.25) is 0 Å². The van der Waals surface area contributed by atoms with E-state index in [2.05, 4.69) is 15.8 Å². The van der Waals surface area contributed by atoms with Crippen molar-refractivity contribution in [3.63, 3.8) is 0 Å². The van der Waals surface area contributed by atoms with Gasteiger partial charge in [-0.3, -0.25) is 4.79 Å². The topological polar surface area (TPSA) is 53.5 Å². The molecule has 0 heterocycles. The molecule has 0 aromatic heterocycles. The summed E-state index contributed by atoms with van der Waals surface area (Å²) in [6.45, 7) is 4.22. The fourth-order valence-electron chi connectivity index (χ4n) is 1.80. The third-order valence-electron chi connectivity index (χ3n) is 3.09. The number of nitrogens with zero attached hydrogens (tertiary/aromatic N) is 1. The first-order valence-corrected chi connectivity index (χ1v) is 6.83. The molecule has 2 rings (SSSR count). The lowest BCUT2D eigenvalue weighted by Gasteiger charge is -2.05. The van der Waals surface area contributed by atoms with Gasteiger partial charge in [-0.15, -0.1) is 0 Å². The Bertz CT molecular complexity index is 633. The second-order valence-electron chi connectivity index (χ2n) is 4.87. The van der Waals surface area contributed by atoms with E-state index in [1.54, 1.807) is 6.21 Å². The van der Waals surface area contributed by atoms with Crippen LogP contribution in [0.5, 0.6) is 0 Å². The Morgan fingerprint density at radius 1 is 1.10 bits per heavy atom. The first-order chi connectivity index (χ1) is 10.1. The maximum atomic E-state index is 11.7. The summed E-state index contributed by atoms with van der Waals surface area (Å²) in [4.78, 5) is 11.7. The van der Waals surface area contributed by atoms with E-state index < -0.39 is 0 Å². The molecule has 0 atom stereocenters. The van der Waals surface area contributed by atoms with Gasteiger partial charge < -0.3 is 5.32 Å². The molecule has 0 radical (unpaired) electrons. The van der Waals surface area contributed by atoms with Gasteiger partial charge in [0.05, 0.1) is 12.8 Å². The molecule has 108 valence electrons. The average molecular weight is 281 g/mol. The van der Waals surface area contributed by atoms with Gasteiger partial charge in [0, 0.05) is 5.69 Å². The van der Waals surface area contributed by atoms with Crippen LogP contribution in [0.4, 0.5) is 5.69 Å². The molecule has 0 aliphatic heterocycles. The van der Waals surface area contributed by atoms with Crippen molar-refractivity contribution < 1.29 is 4.79 Å². The molecule has 0 fully saturated rings. The van der Waals surface area contributed by atoms with Crippen LogP contribution in [0.15, 0.2) is 53.6 Å². The highest BCUT2D eigenvalue weighted by atomic mass is 16.2. The van der Waals surface area contributed by atoms with Crippen LogP contribution in [0.2, 0.25) is 0 Å². The molecule has 0 saturated heterocycles. The predicted molar refractivity (Wildman–Crippen MR) is 86.6 cm³/mol. The molecule has 1 amide bonds. The van der Waals surface area contributed by atoms with E-state index in [1.165, 1.54) is 5.56 Å². The number of amides is 1. The second-order valence-corrected chi connectivity index (χ2v) is 4.87. The summed E-state index contributed by atoms with van der Waals surface area (Å²) in [6.07, 6.45) is 1.65. The summed E-state index contributed by atoms with van der Waals surface area (Å²) in [5.41, 5.74) is 6.72. The first kappa shape index (κ1) is 14.8. The molecule has 0 aliphatic rings. The lowest BCUT2D eigenvalue weighted by atomic mass is 10.1. The van der Waals surface area contributed by atoms with Crippen molar-refractivity contribution in [3.05, 3.63) is 65.2 Å². The zero-order chi connectivity index (χ0) is 15.1. The standard InChI is InChI=1S/C17H19N3O/c1-13-7-9-16(10-8-13)18-12-17(21)20-19-11-15-6-4-3-5-14(15)2/h3-11,18H,12H2,1-2H3,(H,20,21)/b19-11-. The maximum Gasteiger partial charge on any atom is 0.259 e. The molecule has 4 nitrogen and oxygen atoms in total. The highest BCUT2D eigenvalue weighted by molar-refractivity contribution is 5.85. The van der Waals surface area contributed by atoms with Crippen LogP contribution in [0.1, 0.15) is 16.7 Å². The molecular formula is C17H19N3O. The van der Waals surface area contributed by atoms with Gasteiger partial charge in [-0.1, -0.05) is 42.0 Å². The normalized spacial score (nSPS) is 10.6. The number of hydrazone groups is 1. The molecule has 0 saturated carbocycles. The fourth-order valence-corrected chi connectivity index (χ4v) is 1.80. The van der Waals surface area contributed by atoms with Crippen LogP contribution in [0.25, 0.3) is 0 Å². The molecule has 4 heteroatoms. The Morgan fingerprint density at radius 3 is 2.52 bits per heavy atom. The molecule has 0 bridgehead atoms. The lowest BCUT2D eigenvalue weighted by molar-refractivity contribution is -0.119. The van der Waals surface area contributed by atoms with E-state index in [0.29, 0.717) is 0 Å². The summed E-state index contributed by atoms with van der Waals surface area (Å²) in [5.74, 6) is -0.180. The van der Waals surface area contributed by atoms with Crippen molar-refractivity contribution in [3.8, 4) is 0 Å². The minimum Gasteiger partial charge on any atom is -0.376 e. The minimum atomic E-state index is -0.180. The first-order valence-electron chi connectivity index (χ1n) is 6.83. The molecule has 0 spiro atoms. The number of carbonyl (C=O) groups excluding carboxylic acids is 1. The molecule has 21 heavy (non-hydrogen) atoms. The Morgan fingerprint density at radius 2 is 1.81 bits per heavy atom. The van der Waals surface area contributed by atoms with E-state index in [-0.39, 0.29) is 12.5 Å². The maximum absolute atomic E-state index is 11.7. The predicted octanol–water partition coefficient (Wildman–Crippen LogP) is 2.87. The number of nitrogens with one attached hydrogen (secondary N) is 2. The fraction of sp³-hybridized carbons (Fsp3) is 0.176. The molecular weight excluding hydrogens is 262 g/mol. The van der Waals surface area contributed by atoms with Crippen LogP contribution in [-0.2, 0) is 4.79 Å². The van der Waals surface area contributed by atoms with Crippen LogP contribution >= 0.6 is 0 Å². The highest BCUT2D eigenvalue weighted by Gasteiger charge is 1.99. The number of aryl methyl sites for hydroxylation is 2. The monoisotopic (exact) mass is 281 g/mol. The summed E-state index contributed by atoms with van der Waals surface area (Å²) < 4.78 is 0. The molecule has 2 aromatic carbocycles. The Labute approximate surface area is 124 Å². The van der Waals surface area contributed by atoms with Gasteiger partial charge in [-0.05, 0) is 37.1 Å². The van der Waals surface area contributed by atoms with Crippen LogP contribution in [0, 0.1) is 13.8 Å². The third kappa shape index (κ3) is 4.76. The van der Waals surface area contributed by atoms with Gasteiger partial charge in [-0.2, -0.15) is 5.10 Å². The summed E-state index contributed by atoms with van der Waals surface area (Å²) in [7, 11) is 0. The summed E-state index contributed by atoms with van der Waals surface area (Å²) in [5, 5.41) is 7.01. The zero-order valence-corrected chi connectivity index (χ0v) is 12.3. The molecule has 0 aliphatic carbocycles. The molecule has 0 unspecified atom stereocenters. The summed E-state index contributed by atoms with van der Waals surface area (Å²) in [6, 6.07) is 15.7. The van der Waals surface area contributed by atoms with Crippen molar-refractivity contribution in [1.29, 1.82) is 0 Å².